The third kappa shape index (κ3) is 3.31. The molecule has 1 aromatic carbocycles. The van der Waals surface area contributed by atoms with Gasteiger partial charge in [-0.1, -0.05) is 12.1 Å². The molecule has 1 aliphatic rings. The smallest absolute Gasteiger partial charge is 0.306 e. The molecule has 4 heteroatoms. The molecular formula is C14H15IO3. The average Bonchev–Trinajstić information content (AvgIpc) is 2.77. The van der Waals surface area contributed by atoms with Crippen LogP contribution in [0.3, 0.4) is 0 Å². The van der Waals surface area contributed by atoms with Crippen LogP contribution in [0.5, 0.6) is 0 Å². The SMILES string of the molecule is O=C(C[C@H]1CC[C@@H](C(=O)O)C1)c1cccc(I)c1. The van der Waals surface area contributed by atoms with E-state index < -0.39 is 5.97 Å². The van der Waals surface area contributed by atoms with Gasteiger partial charge in [0.1, 0.15) is 0 Å². The lowest BCUT2D eigenvalue weighted by atomic mass is 9.96. The number of halogens is 1. The van der Waals surface area contributed by atoms with E-state index >= 15 is 0 Å². The van der Waals surface area contributed by atoms with Crippen LogP contribution in [0.15, 0.2) is 24.3 Å². The van der Waals surface area contributed by atoms with Crippen LogP contribution in [0, 0.1) is 15.4 Å². The van der Waals surface area contributed by atoms with E-state index in [2.05, 4.69) is 22.6 Å². The first-order chi connectivity index (χ1) is 8.56. The van der Waals surface area contributed by atoms with Crippen LogP contribution >= 0.6 is 22.6 Å². The second kappa shape index (κ2) is 5.82. The van der Waals surface area contributed by atoms with Crippen molar-refractivity contribution in [3.05, 3.63) is 33.4 Å². The number of carbonyl (C=O) groups excluding carboxylic acids is 1. The summed E-state index contributed by atoms with van der Waals surface area (Å²) in [6, 6.07) is 7.54. The van der Waals surface area contributed by atoms with Crippen LogP contribution in [0.1, 0.15) is 36.0 Å². The van der Waals surface area contributed by atoms with Crippen molar-refractivity contribution in [1.82, 2.24) is 0 Å². The monoisotopic (exact) mass is 358 g/mol. The zero-order valence-corrected chi connectivity index (χ0v) is 12.1. The van der Waals surface area contributed by atoms with Gasteiger partial charge < -0.3 is 5.11 Å². The van der Waals surface area contributed by atoms with Gasteiger partial charge in [0.2, 0.25) is 0 Å². The number of carbonyl (C=O) groups is 2. The van der Waals surface area contributed by atoms with Gasteiger partial charge in [-0.3, -0.25) is 9.59 Å². The molecule has 18 heavy (non-hydrogen) atoms. The van der Waals surface area contributed by atoms with Crippen molar-refractivity contribution in [3.63, 3.8) is 0 Å². The average molecular weight is 358 g/mol. The molecule has 0 aliphatic heterocycles. The molecule has 0 aromatic heterocycles. The first-order valence-corrected chi connectivity index (χ1v) is 7.15. The topological polar surface area (TPSA) is 54.4 Å². The van der Waals surface area contributed by atoms with E-state index in [1.807, 2.05) is 24.3 Å². The normalized spacial score (nSPS) is 22.9. The molecule has 2 atom stereocenters. The quantitative estimate of drug-likeness (QED) is 0.663. The third-order valence-electron chi connectivity index (χ3n) is 3.51. The second-order valence-electron chi connectivity index (χ2n) is 4.85. The van der Waals surface area contributed by atoms with E-state index in [1.54, 1.807) is 0 Å². The van der Waals surface area contributed by atoms with Gasteiger partial charge in [-0.25, -0.2) is 0 Å². The Morgan fingerprint density at radius 1 is 1.33 bits per heavy atom. The minimum atomic E-state index is -0.723. The summed E-state index contributed by atoms with van der Waals surface area (Å²) in [4.78, 5) is 22.9. The summed E-state index contributed by atoms with van der Waals surface area (Å²) in [5, 5.41) is 8.93. The molecule has 3 nitrogen and oxygen atoms in total. The summed E-state index contributed by atoms with van der Waals surface area (Å²) < 4.78 is 1.05. The van der Waals surface area contributed by atoms with Gasteiger partial charge in [0.05, 0.1) is 5.92 Å². The molecule has 0 bridgehead atoms. The Bertz CT molecular complexity index is 470. The molecule has 0 amide bonds. The van der Waals surface area contributed by atoms with Crippen LogP contribution in [0.4, 0.5) is 0 Å². The van der Waals surface area contributed by atoms with Crippen LogP contribution < -0.4 is 0 Å². The number of Topliss-reactive ketones (excluding diaryl/α,β-unsaturated/α-hetero) is 1. The molecular weight excluding hydrogens is 343 g/mol. The van der Waals surface area contributed by atoms with E-state index in [0.717, 1.165) is 15.6 Å². The maximum atomic E-state index is 12.1. The van der Waals surface area contributed by atoms with Gasteiger partial charge in [0.25, 0.3) is 0 Å². The standard InChI is InChI=1S/C14H15IO3/c15-12-3-1-2-10(8-12)13(16)7-9-4-5-11(6-9)14(17)18/h1-3,8-9,11H,4-7H2,(H,17,18)/t9-,11+/m0/s1. The highest BCUT2D eigenvalue weighted by atomic mass is 127. The maximum Gasteiger partial charge on any atom is 0.306 e. The highest BCUT2D eigenvalue weighted by molar-refractivity contribution is 14.1. The highest BCUT2D eigenvalue weighted by Crippen LogP contribution is 2.34. The minimum absolute atomic E-state index is 0.129. The Kier molecular flexibility index (Phi) is 4.37. The molecule has 0 heterocycles. The lowest BCUT2D eigenvalue weighted by Crippen LogP contribution is -2.11. The molecule has 0 spiro atoms. The van der Waals surface area contributed by atoms with Crippen LogP contribution in [0.2, 0.25) is 0 Å². The number of hydrogen-bond acceptors (Lipinski definition) is 2. The number of rotatable bonds is 4. The number of hydrogen-bond donors (Lipinski definition) is 1. The fourth-order valence-corrected chi connectivity index (χ4v) is 3.07. The number of ketones is 1. The summed E-state index contributed by atoms with van der Waals surface area (Å²) >= 11 is 2.19. The Labute approximate surface area is 120 Å². The molecule has 1 aromatic rings. The third-order valence-corrected chi connectivity index (χ3v) is 4.18. The van der Waals surface area contributed by atoms with Gasteiger partial charge in [-0.05, 0) is 59.9 Å². The van der Waals surface area contributed by atoms with Crippen LogP contribution in [-0.2, 0) is 4.79 Å². The molecule has 1 fully saturated rings. The van der Waals surface area contributed by atoms with Gasteiger partial charge in [0.15, 0.2) is 5.78 Å². The van der Waals surface area contributed by atoms with Gasteiger partial charge in [0, 0.05) is 15.6 Å². The predicted octanol–water partition coefficient (Wildman–Crippen LogP) is 3.36. The van der Waals surface area contributed by atoms with Crippen LogP contribution in [0.25, 0.3) is 0 Å². The van der Waals surface area contributed by atoms with Crippen molar-refractivity contribution in [2.24, 2.45) is 11.8 Å². The highest BCUT2D eigenvalue weighted by Gasteiger charge is 2.30. The van der Waals surface area contributed by atoms with Crippen molar-refractivity contribution in [1.29, 1.82) is 0 Å². The first kappa shape index (κ1) is 13.5. The van der Waals surface area contributed by atoms with Crippen molar-refractivity contribution in [3.8, 4) is 0 Å². The van der Waals surface area contributed by atoms with Gasteiger partial charge in [-0.2, -0.15) is 0 Å². The van der Waals surface area contributed by atoms with E-state index in [-0.39, 0.29) is 17.6 Å². The molecule has 0 unspecified atom stereocenters. The Morgan fingerprint density at radius 2 is 2.11 bits per heavy atom. The van der Waals surface area contributed by atoms with Crippen LogP contribution in [-0.4, -0.2) is 16.9 Å². The predicted molar refractivity (Wildman–Crippen MR) is 76.6 cm³/mol. The fraction of sp³-hybridized carbons (Fsp3) is 0.429. The zero-order valence-electron chi connectivity index (χ0n) is 9.93. The summed E-state index contributed by atoms with van der Waals surface area (Å²) in [7, 11) is 0. The fourth-order valence-electron chi connectivity index (χ4n) is 2.53. The summed E-state index contributed by atoms with van der Waals surface area (Å²) in [5.74, 6) is -0.612. The Hall–Kier alpha value is -0.910. The summed E-state index contributed by atoms with van der Waals surface area (Å²) in [6.07, 6.45) is 2.68. The van der Waals surface area contributed by atoms with Gasteiger partial charge in [-0.15, -0.1) is 0 Å². The maximum absolute atomic E-state index is 12.1. The van der Waals surface area contributed by atoms with E-state index in [0.29, 0.717) is 19.3 Å². The lowest BCUT2D eigenvalue weighted by Gasteiger charge is -2.08. The molecule has 1 N–H and O–H groups in total. The largest absolute Gasteiger partial charge is 0.481 e. The number of carboxylic acids is 1. The molecule has 96 valence electrons. The lowest BCUT2D eigenvalue weighted by molar-refractivity contribution is -0.141. The minimum Gasteiger partial charge on any atom is -0.481 e. The Balaban J connectivity index is 1.95. The first-order valence-electron chi connectivity index (χ1n) is 6.08. The van der Waals surface area contributed by atoms with Crippen molar-refractivity contribution < 1.29 is 14.7 Å². The number of aliphatic carboxylic acids is 1. The summed E-state index contributed by atoms with van der Waals surface area (Å²) in [6.45, 7) is 0. The van der Waals surface area contributed by atoms with Crippen molar-refractivity contribution in [2.75, 3.05) is 0 Å². The second-order valence-corrected chi connectivity index (χ2v) is 6.10. The van der Waals surface area contributed by atoms with E-state index in [1.165, 1.54) is 0 Å². The van der Waals surface area contributed by atoms with E-state index in [4.69, 9.17) is 5.11 Å². The number of carboxylic acid groups (broad SMARTS) is 1. The molecule has 1 saturated carbocycles. The van der Waals surface area contributed by atoms with Gasteiger partial charge >= 0.3 is 5.97 Å². The molecule has 0 radical (unpaired) electrons. The molecule has 1 aliphatic carbocycles. The van der Waals surface area contributed by atoms with Crippen molar-refractivity contribution >= 4 is 34.3 Å². The van der Waals surface area contributed by atoms with Crippen molar-refractivity contribution in [2.45, 2.75) is 25.7 Å². The van der Waals surface area contributed by atoms with E-state index in [9.17, 15) is 9.59 Å². The number of benzene rings is 1. The Morgan fingerprint density at radius 3 is 2.72 bits per heavy atom. The molecule has 0 saturated heterocycles. The summed E-state index contributed by atoms with van der Waals surface area (Å²) in [5.41, 5.74) is 0.737. The molecule has 2 rings (SSSR count). The zero-order chi connectivity index (χ0) is 13.1.